The Bertz CT molecular complexity index is 533. The molecule has 124 valence electrons. The van der Waals surface area contributed by atoms with Gasteiger partial charge in [-0.2, -0.15) is 0 Å². The van der Waals surface area contributed by atoms with E-state index < -0.39 is 0 Å². The zero-order valence-electron chi connectivity index (χ0n) is 13.0. The first-order chi connectivity index (χ1) is 11.0. The number of phenols is 2. The minimum absolute atomic E-state index is 0.0505. The van der Waals surface area contributed by atoms with E-state index in [2.05, 4.69) is 0 Å². The summed E-state index contributed by atoms with van der Waals surface area (Å²) in [5.41, 5.74) is -0.101. The van der Waals surface area contributed by atoms with E-state index >= 15 is 0 Å². The second-order valence-electron chi connectivity index (χ2n) is 4.81. The van der Waals surface area contributed by atoms with Crippen molar-refractivity contribution in [1.29, 1.82) is 0 Å². The molecule has 0 radical (unpaired) electrons. The van der Waals surface area contributed by atoms with Gasteiger partial charge in [0.1, 0.15) is 29.2 Å². The van der Waals surface area contributed by atoms with Crippen LogP contribution in [-0.4, -0.2) is 27.9 Å². The first kappa shape index (κ1) is 18.0. The topological polar surface area (TPSA) is 58.9 Å². The fourth-order valence-electron chi connectivity index (χ4n) is 1.73. The molecule has 2 aromatic carbocycles. The van der Waals surface area contributed by atoms with Crippen LogP contribution in [0.3, 0.4) is 0 Å². The normalized spacial score (nSPS) is 13.7. The second-order valence-corrected chi connectivity index (χ2v) is 7.55. The summed E-state index contributed by atoms with van der Waals surface area (Å²) < 4.78 is 11.3. The highest BCUT2D eigenvalue weighted by Gasteiger charge is 2.08. The molecule has 23 heavy (non-hydrogen) atoms. The fourth-order valence-corrected chi connectivity index (χ4v) is 3.33. The van der Waals surface area contributed by atoms with Crippen molar-refractivity contribution in [3.63, 3.8) is 0 Å². The Labute approximate surface area is 144 Å². The number of ether oxygens (including phenoxy) is 2. The van der Waals surface area contributed by atoms with Crippen molar-refractivity contribution in [2.75, 3.05) is 6.79 Å². The maximum absolute atomic E-state index is 9.25. The third-order valence-electron chi connectivity index (χ3n) is 2.88. The lowest BCUT2D eigenvalue weighted by atomic mass is 10.3. The van der Waals surface area contributed by atoms with Crippen LogP contribution in [0.2, 0.25) is 0 Å². The maximum atomic E-state index is 9.25. The van der Waals surface area contributed by atoms with Crippen molar-refractivity contribution >= 4 is 23.5 Å². The molecule has 0 amide bonds. The molecule has 2 atom stereocenters. The van der Waals surface area contributed by atoms with Crippen LogP contribution in [0.4, 0.5) is 0 Å². The molecular formula is C17H20O4S2. The number of aromatic hydroxyl groups is 2. The van der Waals surface area contributed by atoms with Crippen LogP contribution < -0.4 is 0 Å². The Morgan fingerprint density at radius 1 is 0.739 bits per heavy atom. The summed E-state index contributed by atoms with van der Waals surface area (Å²) in [5, 5.41) is 18.5. The molecule has 0 aliphatic heterocycles. The average molecular weight is 352 g/mol. The van der Waals surface area contributed by atoms with Crippen LogP contribution in [0.15, 0.2) is 58.3 Å². The minimum Gasteiger partial charge on any atom is -0.508 e. The van der Waals surface area contributed by atoms with E-state index in [0.717, 1.165) is 9.79 Å². The first-order valence-corrected chi connectivity index (χ1v) is 8.93. The summed E-state index contributed by atoms with van der Waals surface area (Å²) in [7, 11) is 0. The molecule has 0 saturated carbocycles. The summed E-state index contributed by atoms with van der Waals surface area (Å²) in [4.78, 5) is 2.06. The van der Waals surface area contributed by atoms with Crippen LogP contribution in [0.25, 0.3) is 0 Å². The zero-order chi connectivity index (χ0) is 16.7. The molecule has 0 bridgehead atoms. The minimum atomic E-state index is -0.0505. The number of rotatable bonds is 8. The van der Waals surface area contributed by atoms with Gasteiger partial charge in [-0.25, -0.2) is 0 Å². The van der Waals surface area contributed by atoms with Gasteiger partial charge in [0.2, 0.25) is 0 Å². The molecule has 0 fully saturated rings. The van der Waals surface area contributed by atoms with Crippen molar-refractivity contribution in [3.8, 4) is 11.5 Å². The number of benzene rings is 2. The molecular weight excluding hydrogens is 332 g/mol. The monoisotopic (exact) mass is 352 g/mol. The summed E-state index contributed by atoms with van der Waals surface area (Å²) in [6.45, 7) is 4.12. The lowest BCUT2D eigenvalue weighted by Gasteiger charge is -2.16. The Morgan fingerprint density at radius 2 is 1.09 bits per heavy atom. The highest BCUT2D eigenvalue weighted by atomic mass is 32.2. The number of phenolic OH excluding ortho intramolecular Hbond substituents is 2. The van der Waals surface area contributed by atoms with E-state index in [-0.39, 0.29) is 29.2 Å². The molecule has 2 rings (SSSR count). The van der Waals surface area contributed by atoms with Gasteiger partial charge in [0.25, 0.3) is 0 Å². The number of hydrogen-bond donors (Lipinski definition) is 2. The maximum Gasteiger partial charge on any atom is 0.149 e. The molecule has 0 saturated heterocycles. The van der Waals surface area contributed by atoms with E-state index in [9.17, 15) is 10.2 Å². The van der Waals surface area contributed by atoms with Crippen LogP contribution in [0.5, 0.6) is 11.5 Å². The molecule has 2 aromatic rings. The van der Waals surface area contributed by atoms with Crippen LogP contribution in [-0.2, 0) is 9.47 Å². The van der Waals surface area contributed by atoms with Crippen LogP contribution >= 0.6 is 23.5 Å². The van der Waals surface area contributed by atoms with Gasteiger partial charge in [0.05, 0.1) is 0 Å². The third-order valence-corrected chi connectivity index (χ3v) is 4.91. The molecule has 0 heterocycles. The van der Waals surface area contributed by atoms with E-state index in [1.165, 1.54) is 0 Å². The fraction of sp³-hybridized carbons (Fsp3) is 0.294. The van der Waals surface area contributed by atoms with Crippen molar-refractivity contribution in [2.45, 2.75) is 34.5 Å². The molecule has 2 N–H and O–H groups in total. The van der Waals surface area contributed by atoms with Gasteiger partial charge in [0, 0.05) is 9.79 Å². The predicted octanol–water partition coefficient (Wildman–Crippen LogP) is 4.66. The second kappa shape index (κ2) is 9.08. The highest BCUT2D eigenvalue weighted by molar-refractivity contribution is 8.00. The van der Waals surface area contributed by atoms with Crippen LogP contribution in [0, 0.1) is 0 Å². The molecule has 0 aliphatic rings. The molecule has 0 aliphatic carbocycles. The Balaban J connectivity index is 1.67. The first-order valence-electron chi connectivity index (χ1n) is 7.17. The van der Waals surface area contributed by atoms with Gasteiger partial charge in [-0.1, -0.05) is 23.5 Å². The van der Waals surface area contributed by atoms with Crippen LogP contribution in [0.1, 0.15) is 13.8 Å². The quantitative estimate of drug-likeness (QED) is 0.532. The molecule has 6 heteroatoms. The van der Waals surface area contributed by atoms with Crippen molar-refractivity contribution < 1.29 is 19.7 Å². The number of thioether (sulfide) groups is 2. The predicted molar refractivity (Wildman–Crippen MR) is 93.9 cm³/mol. The summed E-state index contributed by atoms with van der Waals surface area (Å²) in [6, 6.07) is 14.0. The lowest BCUT2D eigenvalue weighted by molar-refractivity contribution is -0.0645. The zero-order valence-corrected chi connectivity index (χ0v) is 14.6. The number of hydrogen-bond acceptors (Lipinski definition) is 6. The lowest BCUT2D eigenvalue weighted by Crippen LogP contribution is -2.11. The standard InChI is InChI=1S/C17H20O4S2/c1-12(22-16-7-3-14(18)4-8-16)20-11-21-13(2)23-17-9-5-15(19)6-10-17/h3-10,12-13,18-19H,11H2,1-2H3. The van der Waals surface area contributed by atoms with Gasteiger partial charge in [0.15, 0.2) is 0 Å². The van der Waals surface area contributed by atoms with Gasteiger partial charge >= 0.3 is 0 Å². The van der Waals surface area contributed by atoms with E-state index in [4.69, 9.17) is 9.47 Å². The molecule has 4 nitrogen and oxygen atoms in total. The van der Waals surface area contributed by atoms with E-state index in [1.54, 1.807) is 47.8 Å². The SMILES string of the molecule is CC(OCOC(C)Sc1ccc(O)cc1)Sc1ccc(O)cc1. The van der Waals surface area contributed by atoms with E-state index in [1.807, 2.05) is 38.1 Å². The summed E-state index contributed by atoms with van der Waals surface area (Å²) in [5.74, 6) is 0.512. The summed E-state index contributed by atoms with van der Waals surface area (Å²) >= 11 is 3.12. The Hall–Kier alpha value is -1.34. The average Bonchev–Trinajstić information content (AvgIpc) is 2.52. The molecule has 2 unspecified atom stereocenters. The van der Waals surface area contributed by atoms with Crippen molar-refractivity contribution in [3.05, 3.63) is 48.5 Å². The summed E-state index contributed by atoms with van der Waals surface area (Å²) in [6.07, 6.45) is 0. The van der Waals surface area contributed by atoms with Crippen molar-refractivity contribution in [2.24, 2.45) is 0 Å². The molecule has 0 spiro atoms. The Kier molecular flexibility index (Phi) is 7.11. The van der Waals surface area contributed by atoms with E-state index in [0.29, 0.717) is 0 Å². The van der Waals surface area contributed by atoms with Gasteiger partial charge in [-0.3, -0.25) is 0 Å². The van der Waals surface area contributed by atoms with Crippen molar-refractivity contribution in [1.82, 2.24) is 0 Å². The highest BCUT2D eigenvalue weighted by Crippen LogP contribution is 2.27. The smallest absolute Gasteiger partial charge is 0.149 e. The van der Waals surface area contributed by atoms with Gasteiger partial charge < -0.3 is 19.7 Å². The molecule has 0 aromatic heterocycles. The van der Waals surface area contributed by atoms with Gasteiger partial charge in [-0.15, -0.1) is 0 Å². The van der Waals surface area contributed by atoms with Gasteiger partial charge in [-0.05, 0) is 62.4 Å². The largest absolute Gasteiger partial charge is 0.508 e. The Morgan fingerprint density at radius 3 is 1.43 bits per heavy atom. The third kappa shape index (κ3) is 6.74.